The van der Waals surface area contributed by atoms with Crippen LogP contribution in [-0.2, 0) is 4.79 Å². The summed E-state index contributed by atoms with van der Waals surface area (Å²) in [5.41, 5.74) is 5.17. The van der Waals surface area contributed by atoms with Crippen LogP contribution in [0.2, 0.25) is 0 Å². The monoisotopic (exact) mass is 171 g/mol. The molecule has 69 valence electrons. The van der Waals surface area contributed by atoms with Gasteiger partial charge in [-0.1, -0.05) is 0 Å². The van der Waals surface area contributed by atoms with Gasteiger partial charge in [-0.2, -0.15) is 0 Å². The van der Waals surface area contributed by atoms with Crippen molar-refractivity contribution in [1.29, 1.82) is 0 Å². The van der Waals surface area contributed by atoms with Crippen molar-refractivity contribution in [2.24, 2.45) is 5.73 Å². The Hall–Kier alpha value is -0.610. The minimum atomic E-state index is -0.404. The van der Waals surface area contributed by atoms with Gasteiger partial charge in [0, 0.05) is 6.54 Å². The highest BCUT2D eigenvalue weighted by Gasteiger charge is 2.29. The van der Waals surface area contributed by atoms with E-state index >= 15 is 0 Å². The highest BCUT2D eigenvalue weighted by Crippen LogP contribution is 2.15. The molecule has 1 saturated heterocycles. The smallest absolute Gasteiger partial charge is 0.235 e. The summed E-state index contributed by atoms with van der Waals surface area (Å²) < 4.78 is 0. The first-order valence-corrected chi connectivity index (χ1v) is 4.16. The molecule has 1 aliphatic rings. The minimum Gasteiger partial charge on any atom is -0.392 e. The fourth-order valence-electron chi connectivity index (χ4n) is 1.53. The maximum absolute atomic E-state index is 10.9. The van der Waals surface area contributed by atoms with Crippen molar-refractivity contribution in [3.05, 3.63) is 6.42 Å². The molecule has 1 heterocycles. The third-order valence-electron chi connectivity index (χ3n) is 1.99. The van der Waals surface area contributed by atoms with Gasteiger partial charge in [-0.3, -0.25) is 9.69 Å². The predicted molar refractivity (Wildman–Crippen MR) is 45.2 cm³/mol. The van der Waals surface area contributed by atoms with E-state index in [4.69, 9.17) is 10.8 Å². The number of hydrogen-bond donors (Lipinski definition) is 2. The van der Waals surface area contributed by atoms with Crippen LogP contribution in [-0.4, -0.2) is 41.1 Å². The second-order valence-corrected chi connectivity index (χ2v) is 3.22. The number of primary amides is 1. The molecule has 0 spiro atoms. The van der Waals surface area contributed by atoms with Crippen LogP contribution in [0.3, 0.4) is 0 Å². The number of carbonyl (C=O) groups is 1. The summed E-state index contributed by atoms with van der Waals surface area (Å²) in [5, 5.41) is 9.10. The molecule has 1 fully saturated rings. The van der Waals surface area contributed by atoms with Crippen LogP contribution < -0.4 is 5.73 Å². The van der Waals surface area contributed by atoms with E-state index in [0.717, 1.165) is 13.0 Å². The number of aliphatic hydroxyl groups is 1. The number of nitrogens with zero attached hydrogens (tertiary/aromatic N) is 1. The Bertz CT molecular complexity index is 170. The zero-order valence-corrected chi connectivity index (χ0v) is 7.23. The first kappa shape index (κ1) is 9.48. The first-order valence-electron chi connectivity index (χ1n) is 4.16. The molecule has 0 aromatic rings. The molecule has 2 atom stereocenters. The van der Waals surface area contributed by atoms with Crippen LogP contribution in [0.1, 0.15) is 13.3 Å². The molecule has 3 N–H and O–H groups in total. The summed E-state index contributed by atoms with van der Waals surface area (Å²) in [7, 11) is 0. The molecule has 12 heavy (non-hydrogen) atoms. The number of carbonyl (C=O) groups excluding carboxylic acids is 1. The van der Waals surface area contributed by atoms with Crippen LogP contribution in [0.4, 0.5) is 0 Å². The molecule has 1 radical (unpaired) electrons. The predicted octanol–water partition coefficient (Wildman–Crippen LogP) is -0.869. The number of β-amino-alcohol motifs (C(OH)–C–C–N with tert-alkyl or cyclic N) is 1. The van der Waals surface area contributed by atoms with E-state index in [1.54, 1.807) is 6.92 Å². The van der Waals surface area contributed by atoms with Crippen molar-refractivity contribution in [2.45, 2.75) is 25.5 Å². The number of hydrogen-bond acceptors (Lipinski definition) is 3. The highest BCUT2D eigenvalue weighted by molar-refractivity contribution is 5.81. The lowest BCUT2D eigenvalue weighted by atomic mass is 10.2. The summed E-state index contributed by atoms with van der Waals surface area (Å²) in [6.45, 7) is 3.04. The molecular formula is C8H15N2O2. The van der Waals surface area contributed by atoms with E-state index in [1.807, 2.05) is 11.3 Å². The van der Waals surface area contributed by atoms with E-state index in [1.165, 1.54) is 0 Å². The number of rotatable bonds is 3. The number of likely N-dealkylation sites (tertiary alicyclic amines) is 1. The van der Waals surface area contributed by atoms with Gasteiger partial charge >= 0.3 is 0 Å². The van der Waals surface area contributed by atoms with Crippen LogP contribution in [0, 0.1) is 6.42 Å². The maximum Gasteiger partial charge on any atom is 0.235 e. The summed E-state index contributed by atoms with van der Waals surface area (Å²) in [4.78, 5) is 12.8. The molecule has 4 heteroatoms. The Morgan fingerprint density at radius 2 is 2.58 bits per heavy atom. The van der Waals surface area contributed by atoms with E-state index < -0.39 is 6.10 Å². The van der Waals surface area contributed by atoms with Crippen LogP contribution >= 0.6 is 0 Å². The quantitative estimate of drug-likeness (QED) is 0.580. The number of amides is 1. The number of aliphatic hydroxyl groups excluding tert-OH is 1. The van der Waals surface area contributed by atoms with Crippen LogP contribution in [0.5, 0.6) is 0 Å². The first-order chi connectivity index (χ1) is 5.61. The SMILES string of the molecule is C[C@@H](O)CN1CC[CH]C1C(N)=O. The summed E-state index contributed by atoms with van der Waals surface area (Å²) in [5.74, 6) is -0.326. The molecule has 1 aliphatic heterocycles. The summed E-state index contributed by atoms with van der Waals surface area (Å²) in [6, 6.07) is -0.278. The normalized spacial score (nSPS) is 27.3. The molecule has 1 amide bonds. The molecule has 1 rings (SSSR count). The van der Waals surface area contributed by atoms with Crippen molar-refractivity contribution in [1.82, 2.24) is 4.90 Å². The van der Waals surface area contributed by atoms with Gasteiger partial charge in [0.25, 0.3) is 0 Å². The number of nitrogens with two attached hydrogens (primary N) is 1. The van der Waals surface area contributed by atoms with Crippen molar-refractivity contribution >= 4 is 5.91 Å². The van der Waals surface area contributed by atoms with Gasteiger partial charge in [0.15, 0.2) is 0 Å². The lowest BCUT2D eigenvalue weighted by Crippen LogP contribution is -2.43. The van der Waals surface area contributed by atoms with Gasteiger partial charge in [-0.25, -0.2) is 0 Å². The van der Waals surface area contributed by atoms with E-state index in [2.05, 4.69) is 0 Å². The molecule has 0 aromatic heterocycles. The van der Waals surface area contributed by atoms with Crippen LogP contribution in [0.25, 0.3) is 0 Å². The Morgan fingerprint density at radius 1 is 1.92 bits per heavy atom. The lowest BCUT2D eigenvalue weighted by Gasteiger charge is -2.22. The standard InChI is InChI=1S/C8H15N2O2/c1-6(11)5-10-4-2-3-7(10)8(9)12/h3,6-7,11H,2,4-5H2,1H3,(H2,9,12)/t6-,7?/m1/s1. The second kappa shape index (κ2) is 3.87. The minimum absolute atomic E-state index is 0.278. The average molecular weight is 171 g/mol. The van der Waals surface area contributed by atoms with E-state index in [-0.39, 0.29) is 11.9 Å². The Morgan fingerprint density at radius 3 is 3.08 bits per heavy atom. The molecule has 1 unspecified atom stereocenters. The molecular weight excluding hydrogens is 156 g/mol. The van der Waals surface area contributed by atoms with Gasteiger partial charge in [-0.05, 0) is 26.3 Å². The van der Waals surface area contributed by atoms with Crippen molar-refractivity contribution < 1.29 is 9.90 Å². The summed E-state index contributed by atoms with van der Waals surface area (Å²) in [6.07, 6.45) is 2.36. The Balaban J connectivity index is 2.46. The van der Waals surface area contributed by atoms with Crippen molar-refractivity contribution in [2.75, 3.05) is 13.1 Å². The largest absolute Gasteiger partial charge is 0.392 e. The topological polar surface area (TPSA) is 66.6 Å². The van der Waals surface area contributed by atoms with Gasteiger partial charge in [0.05, 0.1) is 12.1 Å². The van der Waals surface area contributed by atoms with Crippen molar-refractivity contribution in [3.8, 4) is 0 Å². The maximum atomic E-state index is 10.9. The van der Waals surface area contributed by atoms with E-state index in [9.17, 15) is 4.79 Å². The molecule has 0 aromatic carbocycles. The zero-order valence-electron chi connectivity index (χ0n) is 7.23. The van der Waals surface area contributed by atoms with Gasteiger partial charge in [0.2, 0.25) is 5.91 Å². The fourth-order valence-corrected chi connectivity index (χ4v) is 1.53. The second-order valence-electron chi connectivity index (χ2n) is 3.22. The third kappa shape index (κ3) is 2.19. The molecule has 0 bridgehead atoms. The van der Waals surface area contributed by atoms with Crippen molar-refractivity contribution in [3.63, 3.8) is 0 Å². The third-order valence-corrected chi connectivity index (χ3v) is 1.99. The molecule has 0 aliphatic carbocycles. The van der Waals surface area contributed by atoms with Gasteiger partial charge in [-0.15, -0.1) is 0 Å². The Labute approximate surface area is 72.3 Å². The molecule has 0 saturated carbocycles. The molecule has 4 nitrogen and oxygen atoms in total. The lowest BCUT2D eigenvalue weighted by molar-refractivity contribution is -0.121. The van der Waals surface area contributed by atoms with E-state index in [0.29, 0.717) is 6.54 Å². The fraction of sp³-hybridized carbons (Fsp3) is 0.750. The van der Waals surface area contributed by atoms with Gasteiger partial charge < -0.3 is 10.8 Å². The van der Waals surface area contributed by atoms with Gasteiger partial charge in [0.1, 0.15) is 0 Å². The highest BCUT2D eigenvalue weighted by atomic mass is 16.3. The average Bonchev–Trinajstić information content (AvgIpc) is 2.33. The summed E-state index contributed by atoms with van der Waals surface area (Å²) >= 11 is 0. The Kier molecular flexibility index (Phi) is 3.05. The zero-order chi connectivity index (χ0) is 9.14. The van der Waals surface area contributed by atoms with Crippen LogP contribution in [0.15, 0.2) is 0 Å².